The van der Waals surface area contributed by atoms with Crippen LogP contribution in [0, 0.1) is 0 Å². The van der Waals surface area contributed by atoms with Crippen molar-refractivity contribution in [3.05, 3.63) is 15.9 Å². The van der Waals surface area contributed by atoms with E-state index in [1.807, 2.05) is 9.95 Å². The van der Waals surface area contributed by atoms with Crippen LogP contribution in [-0.4, -0.2) is 8.07 Å². The van der Waals surface area contributed by atoms with Crippen molar-refractivity contribution in [2.45, 2.75) is 110 Å². The Hall–Kier alpha value is 0.297. The molecule has 2 rings (SSSR count). The molecule has 136 valence electrons. The van der Waals surface area contributed by atoms with Gasteiger partial charge < -0.3 is 0 Å². The van der Waals surface area contributed by atoms with Crippen LogP contribution in [0.1, 0.15) is 90.0 Å². The normalized spacial score (nSPS) is 19.6. The molecule has 0 saturated heterocycles. The van der Waals surface area contributed by atoms with Crippen molar-refractivity contribution in [2.24, 2.45) is 0 Å². The van der Waals surface area contributed by atoms with Gasteiger partial charge in [-0.3, -0.25) is 0 Å². The average Bonchev–Trinajstić information content (AvgIpc) is 2.82. The van der Waals surface area contributed by atoms with Gasteiger partial charge in [-0.25, -0.2) is 0 Å². The Bertz CT molecular complexity index is 571. The molecule has 1 fully saturated rings. The van der Waals surface area contributed by atoms with Crippen LogP contribution < -0.4 is 4.92 Å². The van der Waals surface area contributed by atoms with E-state index in [4.69, 9.17) is 0 Å². The van der Waals surface area contributed by atoms with Crippen molar-refractivity contribution < 1.29 is 0 Å². The molecule has 0 unspecified atom stereocenters. The molecule has 1 aliphatic carbocycles. The minimum Gasteiger partial charge on any atom is -0.0680 e. The molecule has 0 amide bonds. The Morgan fingerprint density at radius 1 is 0.833 bits per heavy atom. The molecule has 0 atom stereocenters. The van der Waals surface area contributed by atoms with Crippen LogP contribution in [0.25, 0.3) is 0 Å². The zero-order chi connectivity index (χ0) is 18.6. The van der Waals surface area contributed by atoms with Gasteiger partial charge >= 0.3 is 0 Å². The van der Waals surface area contributed by atoms with Crippen LogP contribution in [0.4, 0.5) is 0 Å². The fourth-order valence-electron chi connectivity index (χ4n) is 3.91. The first-order chi connectivity index (χ1) is 10.7. The minimum atomic E-state index is -1.35. The lowest BCUT2D eigenvalue weighted by molar-refractivity contribution is 0.509. The van der Waals surface area contributed by atoms with Gasteiger partial charge in [-0.2, -0.15) is 0 Å². The highest BCUT2D eigenvalue weighted by molar-refractivity contribution is 7.53. The van der Waals surface area contributed by atoms with Crippen molar-refractivity contribution in [1.82, 2.24) is 0 Å². The highest BCUT2D eigenvalue weighted by Crippen LogP contribution is 2.52. The molecule has 0 bridgehead atoms. The first-order valence-electron chi connectivity index (χ1n) is 9.60. The standard InChI is InChI=1S/C21H38P2Si/c1-19(2,3)15-16(20(4,5)6)22-18(21(7)13-11-12-14-21)23-17(15)24(8,9)10/h11-14H2,1-10H3. The summed E-state index contributed by atoms with van der Waals surface area (Å²) in [5, 5.41) is 3.53. The molecule has 1 aliphatic rings. The zero-order valence-corrected chi connectivity index (χ0v) is 20.5. The van der Waals surface area contributed by atoms with Gasteiger partial charge in [0, 0.05) is 10.4 Å². The molecule has 1 aromatic rings. The van der Waals surface area contributed by atoms with Gasteiger partial charge in [0.25, 0.3) is 0 Å². The van der Waals surface area contributed by atoms with Gasteiger partial charge in [-0.1, -0.05) is 97.3 Å². The molecule has 1 aromatic heterocycles. The number of hydrogen-bond acceptors (Lipinski definition) is 0. The monoisotopic (exact) mass is 380 g/mol. The predicted molar refractivity (Wildman–Crippen MR) is 118 cm³/mol. The molecule has 0 N–H and O–H groups in total. The third-order valence-corrected chi connectivity index (χ3v) is 13.0. The average molecular weight is 381 g/mol. The van der Waals surface area contributed by atoms with E-state index in [0.29, 0.717) is 5.41 Å². The second-order valence-corrected chi connectivity index (χ2v) is 19.1. The van der Waals surface area contributed by atoms with E-state index in [0.717, 1.165) is 0 Å². The van der Waals surface area contributed by atoms with E-state index in [9.17, 15) is 0 Å². The number of hydrogen-bond donors (Lipinski definition) is 0. The van der Waals surface area contributed by atoms with Crippen LogP contribution >= 0.6 is 16.4 Å². The van der Waals surface area contributed by atoms with Crippen molar-refractivity contribution in [3.63, 3.8) is 0 Å². The molecule has 1 saturated carbocycles. The Kier molecular flexibility index (Phi) is 5.56. The van der Waals surface area contributed by atoms with Gasteiger partial charge in [-0.05, 0) is 39.4 Å². The zero-order valence-electron chi connectivity index (χ0n) is 17.7. The fraction of sp³-hybridized carbons (Fsp3) is 0.810. The SMILES string of the molecule is CC(C)(C)c1pc(C2(C)CCCC2)pc([Si](C)(C)C)c1C(C)(C)C. The molecular formula is C21H38P2Si. The van der Waals surface area contributed by atoms with Gasteiger partial charge in [0.2, 0.25) is 0 Å². The first kappa shape index (κ1) is 20.6. The summed E-state index contributed by atoms with van der Waals surface area (Å²) in [6.07, 6.45) is 5.66. The molecular weight excluding hydrogens is 342 g/mol. The van der Waals surface area contributed by atoms with Crippen LogP contribution in [0.15, 0.2) is 0 Å². The minimum absolute atomic E-state index is 0.250. The second kappa shape index (κ2) is 6.47. The Balaban J connectivity index is 2.85. The lowest BCUT2D eigenvalue weighted by atomic mass is 9.81. The van der Waals surface area contributed by atoms with Crippen molar-refractivity contribution in [3.8, 4) is 0 Å². The maximum absolute atomic E-state index is 2.56. The van der Waals surface area contributed by atoms with E-state index in [1.54, 1.807) is 27.2 Å². The van der Waals surface area contributed by atoms with Gasteiger partial charge in [0.15, 0.2) is 0 Å². The lowest BCUT2D eigenvalue weighted by Crippen LogP contribution is -2.43. The molecule has 0 aromatic carbocycles. The van der Waals surface area contributed by atoms with Crippen LogP contribution in [-0.2, 0) is 16.2 Å². The highest BCUT2D eigenvalue weighted by atomic mass is 31.1. The van der Waals surface area contributed by atoms with E-state index in [2.05, 4.69) is 68.1 Å². The molecule has 1 heterocycles. The largest absolute Gasteiger partial charge is 0.0839 e. The van der Waals surface area contributed by atoms with Crippen molar-refractivity contribution in [2.75, 3.05) is 0 Å². The third kappa shape index (κ3) is 4.16. The van der Waals surface area contributed by atoms with E-state index in [1.165, 1.54) is 25.7 Å². The van der Waals surface area contributed by atoms with Crippen LogP contribution in [0.5, 0.6) is 0 Å². The second-order valence-electron chi connectivity index (χ2n) is 11.1. The number of rotatable bonds is 2. The molecule has 24 heavy (non-hydrogen) atoms. The van der Waals surface area contributed by atoms with Gasteiger partial charge in [0.05, 0.1) is 8.07 Å². The third-order valence-electron chi connectivity index (χ3n) is 5.33. The highest BCUT2D eigenvalue weighted by Gasteiger charge is 2.38. The van der Waals surface area contributed by atoms with Gasteiger partial charge in [-0.15, -0.1) is 0 Å². The summed E-state index contributed by atoms with van der Waals surface area (Å²) >= 11 is 0. The van der Waals surface area contributed by atoms with E-state index >= 15 is 0 Å². The maximum Gasteiger partial charge on any atom is 0.0839 e. The van der Waals surface area contributed by atoms with Crippen molar-refractivity contribution in [1.29, 1.82) is 0 Å². The molecule has 3 heteroatoms. The van der Waals surface area contributed by atoms with E-state index < -0.39 is 8.07 Å². The first-order valence-corrected chi connectivity index (χ1v) is 14.9. The fourth-order valence-corrected chi connectivity index (χ4v) is 11.0. The van der Waals surface area contributed by atoms with Crippen LogP contribution in [0.3, 0.4) is 0 Å². The Labute approximate surface area is 155 Å². The molecule has 0 radical (unpaired) electrons. The predicted octanol–water partition coefficient (Wildman–Crippen LogP) is 7.82. The topological polar surface area (TPSA) is 0 Å². The maximum atomic E-state index is 2.56. The Morgan fingerprint density at radius 2 is 1.33 bits per heavy atom. The summed E-state index contributed by atoms with van der Waals surface area (Å²) in [7, 11) is 1.80. The molecule has 0 nitrogen and oxygen atoms in total. The summed E-state index contributed by atoms with van der Waals surface area (Å²) in [5.41, 5.74) is 2.71. The molecule has 0 aliphatic heterocycles. The summed E-state index contributed by atoms with van der Waals surface area (Å²) in [4.78, 5) is 1.82. The lowest BCUT2D eigenvalue weighted by Gasteiger charge is -2.37. The summed E-state index contributed by atoms with van der Waals surface area (Å²) in [6, 6.07) is 0. The van der Waals surface area contributed by atoms with Gasteiger partial charge in [0.1, 0.15) is 0 Å². The molecule has 0 spiro atoms. The Morgan fingerprint density at radius 3 is 1.71 bits per heavy atom. The van der Waals surface area contributed by atoms with E-state index in [-0.39, 0.29) is 10.8 Å². The van der Waals surface area contributed by atoms with Crippen LogP contribution in [0.2, 0.25) is 19.6 Å². The summed E-state index contributed by atoms with van der Waals surface area (Å²) in [6.45, 7) is 24.8. The smallest absolute Gasteiger partial charge is 0.0680 e. The summed E-state index contributed by atoms with van der Waals surface area (Å²) < 4.78 is 0. The quantitative estimate of drug-likeness (QED) is 0.459. The summed E-state index contributed by atoms with van der Waals surface area (Å²) in [5.74, 6) is 0. The van der Waals surface area contributed by atoms with Crippen molar-refractivity contribution >= 4 is 29.4 Å².